The molecule has 0 spiro atoms. The Morgan fingerprint density at radius 3 is 2.60 bits per heavy atom. The summed E-state index contributed by atoms with van der Waals surface area (Å²) in [5.74, 6) is 0.826. The predicted octanol–water partition coefficient (Wildman–Crippen LogP) is 3.89. The second kappa shape index (κ2) is 10.2. The third-order valence-electron chi connectivity index (χ3n) is 3.94. The van der Waals surface area contributed by atoms with Crippen LogP contribution in [-0.2, 0) is 24.3 Å². The fraction of sp³-hybridized carbons (Fsp3) is 0.450. The first-order chi connectivity index (χ1) is 12.1. The lowest BCUT2D eigenvalue weighted by Crippen LogP contribution is -2.42. The van der Waals surface area contributed by atoms with Gasteiger partial charge in [-0.25, -0.2) is 0 Å². The molecule has 25 heavy (non-hydrogen) atoms. The number of nitrogens with zero attached hydrogens (tertiary/aromatic N) is 1. The van der Waals surface area contributed by atoms with E-state index in [0.717, 1.165) is 25.5 Å². The summed E-state index contributed by atoms with van der Waals surface area (Å²) in [7, 11) is 1.81. The van der Waals surface area contributed by atoms with Crippen LogP contribution in [0.5, 0.6) is 0 Å². The van der Waals surface area contributed by atoms with Crippen molar-refractivity contribution >= 4 is 17.3 Å². The third kappa shape index (κ3) is 6.52. The van der Waals surface area contributed by atoms with Crippen LogP contribution in [0.25, 0.3) is 0 Å². The van der Waals surface area contributed by atoms with Gasteiger partial charge in [-0.05, 0) is 44.0 Å². The molecule has 0 saturated heterocycles. The molecule has 0 aliphatic carbocycles. The maximum absolute atomic E-state index is 5.55. The highest BCUT2D eigenvalue weighted by Gasteiger charge is 2.09. The van der Waals surface area contributed by atoms with E-state index in [1.807, 2.05) is 25.3 Å². The molecule has 1 atom stereocenters. The summed E-state index contributed by atoms with van der Waals surface area (Å²) in [6.07, 6.45) is 1.00. The van der Waals surface area contributed by atoms with Gasteiger partial charge in [0.1, 0.15) is 0 Å². The Kier molecular flexibility index (Phi) is 7.95. The van der Waals surface area contributed by atoms with Gasteiger partial charge in [0.15, 0.2) is 5.96 Å². The van der Waals surface area contributed by atoms with Crippen molar-refractivity contribution < 1.29 is 4.74 Å². The molecule has 2 aromatic rings. The Hall–Kier alpha value is -1.85. The third-order valence-corrected chi connectivity index (χ3v) is 4.96. The highest BCUT2D eigenvalue weighted by Crippen LogP contribution is 2.16. The first-order valence-electron chi connectivity index (χ1n) is 8.79. The summed E-state index contributed by atoms with van der Waals surface area (Å²) in [6, 6.07) is 13.1. The molecule has 0 fully saturated rings. The van der Waals surface area contributed by atoms with Crippen LogP contribution in [0, 0.1) is 6.92 Å². The topological polar surface area (TPSA) is 45.6 Å². The molecule has 1 aromatic heterocycles. The molecule has 1 heterocycles. The second-order valence-electron chi connectivity index (χ2n) is 6.09. The van der Waals surface area contributed by atoms with E-state index in [1.54, 1.807) is 0 Å². The predicted molar refractivity (Wildman–Crippen MR) is 107 cm³/mol. The Morgan fingerprint density at radius 1 is 1.20 bits per heavy atom. The SMILES string of the molecule is CCOCc1ccccc1CNC(=NC)NC(C)Cc1ccc(C)s1. The van der Waals surface area contributed by atoms with Crippen LogP contribution in [0.3, 0.4) is 0 Å². The maximum Gasteiger partial charge on any atom is 0.191 e. The summed E-state index contributed by atoms with van der Waals surface area (Å²) in [4.78, 5) is 7.10. The van der Waals surface area contributed by atoms with E-state index in [1.165, 1.54) is 20.9 Å². The number of benzene rings is 1. The van der Waals surface area contributed by atoms with Gasteiger partial charge < -0.3 is 15.4 Å². The van der Waals surface area contributed by atoms with Gasteiger partial charge in [0, 0.05) is 42.4 Å². The Labute approximate surface area is 155 Å². The molecule has 136 valence electrons. The number of hydrogen-bond acceptors (Lipinski definition) is 3. The van der Waals surface area contributed by atoms with Crippen molar-refractivity contribution in [1.29, 1.82) is 0 Å². The zero-order valence-electron chi connectivity index (χ0n) is 15.6. The monoisotopic (exact) mass is 359 g/mol. The van der Waals surface area contributed by atoms with Crippen LogP contribution in [0.1, 0.15) is 34.7 Å². The molecule has 1 aromatic carbocycles. The molecule has 0 amide bonds. The number of aliphatic imine (C=N–C) groups is 1. The number of hydrogen-bond donors (Lipinski definition) is 2. The van der Waals surface area contributed by atoms with E-state index in [-0.39, 0.29) is 0 Å². The molecule has 0 bridgehead atoms. The van der Waals surface area contributed by atoms with Crippen LogP contribution in [0.15, 0.2) is 41.4 Å². The van der Waals surface area contributed by atoms with Crippen molar-refractivity contribution in [1.82, 2.24) is 10.6 Å². The minimum absolute atomic E-state index is 0.322. The lowest BCUT2D eigenvalue weighted by Gasteiger charge is -2.18. The summed E-state index contributed by atoms with van der Waals surface area (Å²) < 4.78 is 5.55. The average molecular weight is 360 g/mol. The number of aryl methyl sites for hydroxylation is 1. The van der Waals surface area contributed by atoms with E-state index in [0.29, 0.717) is 12.6 Å². The molecule has 0 aliphatic rings. The van der Waals surface area contributed by atoms with Crippen LogP contribution in [0.4, 0.5) is 0 Å². The van der Waals surface area contributed by atoms with E-state index < -0.39 is 0 Å². The van der Waals surface area contributed by atoms with Gasteiger partial charge in [-0.1, -0.05) is 24.3 Å². The number of rotatable bonds is 8. The molecule has 0 saturated carbocycles. The molecule has 1 unspecified atom stereocenters. The lowest BCUT2D eigenvalue weighted by molar-refractivity contribution is 0.133. The van der Waals surface area contributed by atoms with Crippen LogP contribution >= 0.6 is 11.3 Å². The fourth-order valence-electron chi connectivity index (χ4n) is 2.64. The van der Waals surface area contributed by atoms with Gasteiger partial charge in [0.25, 0.3) is 0 Å². The molecule has 2 rings (SSSR count). The highest BCUT2D eigenvalue weighted by molar-refractivity contribution is 7.11. The summed E-state index contributed by atoms with van der Waals surface area (Å²) >= 11 is 1.86. The van der Waals surface area contributed by atoms with E-state index in [2.05, 4.69) is 65.9 Å². The zero-order valence-corrected chi connectivity index (χ0v) is 16.5. The second-order valence-corrected chi connectivity index (χ2v) is 7.47. The van der Waals surface area contributed by atoms with Crippen LogP contribution in [0.2, 0.25) is 0 Å². The largest absolute Gasteiger partial charge is 0.377 e. The highest BCUT2D eigenvalue weighted by atomic mass is 32.1. The van der Waals surface area contributed by atoms with Crippen molar-refractivity contribution in [2.45, 2.75) is 46.4 Å². The lowest BCUT2D eigenvalue weighted by atomic mass is 10.1. The van der Waals surface area contributed by atoms with E-state index in [9.17, 15) is 0 Å². The standard InChI is InChI=1S/C20H29N3OS/c1-5-24-14-18-9-7-6-8-17(18)13-22-20(21-4)23-15(2)12-19-11-10-16(3)25-19/h6-11,15H,5,12-14H2,1-4H3,(H2,21,22,23). The van der Waals surface area contributed by atoms with Gasteiger partial charge in [-0.3, -0.25) is 4.99 Å². The Morgan fingerprint density at radius 2 is 1.96 bits per heavy atom. The molecule has 2 N–H and O–H groups in total. The average Bonchev–Trinajstić information content (AvgIpc) is 3.02. The normalized spacial score (nSPS) is 12.9. The Balaban J connectivity index is 1.88. The van der Waals surface area contributed by atoms with Crippen molar-refractivity contribution in [3.63, 3.8) is 0 Å². The quantitative estimate of drug-likeness (QED) is 0.555. The molecule has 0 radical (unpaired) electrons. The molecular formula is C20H29N3OS. The van der Waals surface area contributed by atoms with Crippen molar-refractivity contribution in [3.8, 4) is 0 Å². The number of thiophene rings is 1. The number of ether oxygens (including phenoxy) is 1. The summed E-state index contributed by atoms with van der Waals surface area (Å²) in [5.41, 5.74) is 2.45. The van der Waals surface area contributed by atoms with E-state index in [4.69, 9.17) is 4.74 Å². The van der Waals surface area contributed by atoms with Gasteiger partial charge in [-0.15, -0.1) is 11.3 Å². The van der Waals surface area contributed by atoms with Crippen molar-refractivity contribution in [3.05, 3.63) is 57.3 Å². The summed E-state index contributed by atoms with van der Waals surface area (Å²) in [5, 5.41) is 6.88. The van der Waals surface area contributed by atoms with Crippen molar-refractivity contribution in [2.75, 3.05) is 13.7 Å². The molecular weight excluding hydrogens is 330 g/mol. The number of nitrogens with one attached hydrogen (secondary N) is 2. The maximum atomic E-state index is 5.55. The smallest absolute Gasteiger partial charge is 0.191 e. The van der Waals surface area contributed by atoms with Crippen molar-refractivity contribution in [2.24, 2.45) is 4.99 Å². The Bertz CT molecular complexity index is 681. The van der Waals surface area contributed by atoms with Gasteiger partial charge in [-0.2, -0.15) is 0 Å². The van der Waals surface area contributed by atoms with E-state index >= 15 is 0 Å². The zero-order chi connectivity index (χ0) is 18.1. The van der Waals surface area contributed by atoms with Gasteiger partial charge in [0.2, 0.25) is 0 Å². The molecule has 4 nitrogen and oxygen atoms in total. The van der Waals surface area contributed by atoms with Crippen LogP contribution < -0.4 is 10.6 Å². The number of guanidine groups is 1. The minimum atomic E-state index is 0.322. The molecule has 0 aliphatic heterocycles. The molecule has 5 heteroatoms. The van der Waals surface area contributed by atoms with Gasteiger partial charge in [0.05, 0.1) is 6.61 Å². The minimum Gasteiger partial charge on any atom is -0.377 e. The summed E-state index contributed by atoms with van der Waals surface area (Å²) in [6.45, 7) is 8.45. The fourth-order valence-corrected chi connectivity index (χ4v) is 3.66. The van der Waals surface area contributed by atoms with Gasteiger partial charge >= 0.3 is 0 Å². The first kappa shape index (κ1) is 19.5. The van der Waals surface area contributed by atoms with Crippen LogP contribution in [-0.4, -0.2) is 25.7 Å². The first-order valence-corrected chi connectivity index (χ1v) is 9.61.